The van der Waals surface area contributed by atoms with Crippen LogP contribution in [0.5, 0.6) is 0 Å². The summed E-state index contributed by atoms with van der Waals surface area (Å²) in [4.78, 5) is 12.8. The minimum absolute atomic E-state index is 0.140. The number of carboxylic acid groups (broad SMARTS) is 1. The maximum absolute atomic E-state index is 10.4. The van der Waals surface area contributed by atoms with Crippen molar-refractivity contribution < 1.29 is 9.90 Å². The number of thiophene rings is 1. The summed E-state index contributed by atoms with van der Waals surface area (Å²) in [7, 11) is 0. The van der Waals surface area contributed by atoms with Gasteiger partial charge in [0, 0.05) is 15.7 Å². The number of aliphatic carboxylic acids is 1. The smallest absolute Gasteiger partial charge is 0.303 e. The highest BCUT2D eigenvalue weighted by Gasteiger charge is 2.11. The van der Waals surface area contributed by atoms with Crippen LogP contribution in [0.25, 0.3) is 0 Å². The van der Waals surface area contributed by atoms with E-state index in [0.29, 0.717) is 0 Å². The third-order valence-corrected chi connectivity index (χ3v) is 2.96. The van der Waals surface area contributed by atoms with Crippen molar-refractivity contribution in [2.75, 3.05) is 0 Å². The topological polar surface area (TPSA) is 37.3 Å². The molecule has 66 valence electrons. The molecular weight excluding hydrogens is 172 g/mol. The van der Waals surface area contributed by atoms with Crippen molar-refractivity contribution in [3.8, 4) is 0 Å². The Kier molecular flexibility index (Phi) is 2.87. The summed E-state index contributed by atoms with van der Waals surface area (Å²) in [6.45, 7) is 3.97. The molecule has 12 heavy (non-hydrogen) atoms. The molecule has 1 unspecified atom stereocenters. The molecule has 0 bridgehead atoms. The van der Waals surface area contributed by atoms with Gasteiger partial charge in [0.1, 0.15) is 0 Å². The fourth-order valence-electron chi connectivity index (χ4n) is 1.08. The van der Waals surface area contributed by atoms with Crippen LogP contribution in [-0.4, -0.2) is 11.1 Å². The van der Waals surface area contributed by atoms with Gasteiger partial charge >= 0.3 is 5.97 Å². The molecule has 0 saturated carbocycles. The van der Waals surface area contributed by atoms with Crippen LogP contribution in [0, 0.1) is 6.92 Å². The van der Waals surface area contributed by atoms with Crippen molar-refractivity contribution >= 4 is 17.3 Å². The zero-order valence-electron chi connectivity index (χ0n) is 7.20. The lowest BCUT2D eigenvalue weighted by Crippen LogP contribution is -2.00. The number of aryl methyl sites for hydroxylation is 1. The van der Waals surface area contributed by atoms with Gasteiger partial charge in [0.05, 0.1) is 6.42 Å². The number of rotatable bonds is 3. The van der Waals surface area contributed by atoms with Crippen LogP contribution >= 0.6 is 11.3 Å². The summed E-state index contributed by atoms with van der Waals surface area (Å²) < 4.78 is 0. The van der Waals surface area contributed by atoms with E-state index in [1.54, 1.807) is 11.3 Å². The molecule has 0 saturated heterocycles. The third kappa shape index (κ3) is 2.34. The SMILES string of the molecule is Cc1ccc(C(C)CC(=O)O)s1. The van der Waals surface area contributed by atoms with E-state index in [0.717, 1.165) is 4.88 Å². The molecule has 0 aliphatic heterocycles. The van der Waals surface area contributed by atoms with Crippen molar-refractivity contribution in [2.24, 2.45) is 0 Å². The first-order valence-corrected chi connectivity index (χ1v) is 4.69. The molecule has 3 heteroatoms. The number of carbonyl (C=O) groups is 1. The molecule has 1 aromatic heterocycles. The first-order chi connectivity index (χ1) is 5.59. The summed E-state index contributed by atoms with van der Waals surface area (Å²) in [6, 6.07) is 4.03. The van der Waals surface area contributed by atoms with Crippen molar-refractivity contribution in [1.29, 1.82) is 0 Å². The maximum atomic E-state index is 10.4. The van der Waals surface area contributed by atoms with Crippen LogP contribution in [0.2, 0.25) is 0 Å². The predicted octanol–water partition coefficient (Wildman–Crippen LogP) is 2.63. The monoisotopic (exact) mass is 184 g/mol. The Hall–Kier alpha value is -0.830. The van der Waals surface area contributed by atoms with E-state index in [-0.39, 0.29) is 12.3 Å². The highest BCUT2D eigenvalue weighted by atomic mass is 32.1. The van der Waals surface area contributed by atoms with Crippen LogP contribution in [-0.2, 0) is 4.79 Å². The Bertz CT molecular complexity index is 278. The normalized spacial score (nSPS) is 12.8. The van der Waals surface area contributed by atoms with Gasteiger partial charge in [-0.25, -0.2) is 0 Å². The van der Waals surface area contributed by atoms with Crippen LogP contribution in [0.4, 0.5) is 0 Å². The van der Waals surface area contributed by atoms with Crippen molar-refractivity contribution in [3.63, 3.8) is 0 Å². The van der Waals surface area contributed by atoms with E-state index >= 15 is 0 Å². The molecular formula is C9H12O2S. The lowest BCUT2D eigenvalue weighted by Gasteiger charge is -2.03. The van der Waals surface area contributed by atoms with E-state index in [2.05, 4.69) is 0 Å². The second-order valence-electron chi connectivity index (χ2n) is 2.95. The van der Waals surface area contributed by atoms with Crippen molar-refractivity contribution in [2.45, 2.75) is 26.2 Å². The molecule has 1 aromatic rings. The number of carboxylic acids is 1. The Labute approximate surface area is 75.9 Å². The van der Waals surface area contributed by atoms with E-state index < -0.39 is 5.97 Å². The highest BCUT2D eigenvalue weighted by Crippen LogP contribution is 2.26. The second kappa shape index (κ2) is 3.72. The average Bonchev–Trinajstić information content (AvgIpc) is 2.34. The van der Waals surface area contributed by atoms with Crippen molar-refractivity contribution in [1.82, 2.24) is 0 Å². The molecule has 0 aromatic carbocycles. The van der Waals surface area contributed by atoms with Gasteiger partial charge in [-0.1, -0.05) is 6.92 Å². The van der Waals surface area contributed by atoms with Gasteiger partial charge in [-0.2, -0.15) is 0 Å². The van der Waals surface area contributed by atoms with Crippen LogP contribution in [0.3, 0.4) is 0 Å². The molecule has 0 spiro atoms. The molecule has 1 heterocycles. The zero-order valence-corrected chi connectivity index (χ0v) is 8.02. The minimum Gasteiger partial charge on any atom is -0.481 e. The highest BCUT2D eigenvalue weighted by molar-refractivity contribution is 7.12. The molecule has 1 N–H and O–H groups in total. The van der Waals surface area contributed by atoms with Crippen LogP contribution < -0.4 is 0 Å². The number of hydrogen-bond acceptors (Lipinski definition) is 2. The summed E-state index contributed by atoms with van der Waals surface area (Å²) in [5.41, 5.74) is 0. The third-order valence-electron chi connectivity index (χ3n) is 1.73. The van der Waals surface area contributed by atoms with Gasteiger partial charge in [-0.15, -0.1) is 11.3 Å². The first-order valence-electron chi connectivity index (χ1n) is 3.87. The quantitative estimate of drug-likeness (QED) is 0.784. The second-order valence-corrected chi connectivity index (χ2v) is 4.27. The summed E-state index contributed by atoms with van der Waals surface area (Å²) in [6.07, 6.45) is 0.222. The van der Waals surface area contributed by atoms with E-state index in [9.17, 15) is 4.79 Å². The Morgan fingerprint density at radius 1 is 1.67 bits per heavy atom. The lowest BCUT2D eigenvalue weighted by molar-refractivity contribution is -0.137. The fraction of sp³-hybridized carbons (Fsp3) is 0.444. The number of hydrogen-bond donors (Lipinski definition) is 1. The molecule has 1 rings (SSSR count). The molecule has 0 aliphatic rings. The summed E-state index contributed by atoms with van der Waals surface area (Å²) >= 11 is 1.67. The lowest BCUT2D eigenvalue weighted by atomic mass is 10.1. The maximum Gasteiger partial charge on any atom is 0.303 e. The Morgan fingerprint density at radius 2 is 2.33 bits per heavy atom. The van der Waals surface area contributed by atoms with E-state index in [4.69, 9.17) is 5.11 Å². The van der Waals surface area contributed by atoms with E-state index in [1.807, 2.05) is 26.0 Å². The predicted molar refractivity (Wildman–Crippen MR) is 49.7 cm³/mol. The molecule has 1 atom stereocenters. The average molecular weight is 184 g/mol. The van der Waals surface area contributed by atoms with Crippen LogP contribution in [0.1, 0.15) is 29.0 Å². The Morgan fingerprint density at radius 3 is 2.75 bits per heavy atom. The van der Waals surface area contributed by atoms with Gasteiger partial charge in [-0.3, -0.25) is 4.79 Å². The van der Waals surface area contributed by atoms with Crippen LogP contribution in [0.15, 0.2) is 12.1 Å². The Balaban J connectivity index is 2.64. The first kappa shape index (κ1) is 9.26. The van der Waals surface area contributed by atoms with Gasteiger partial charge in [0.25, 0.3) is 0 Å². The standard InChI is InChI=1S/C9H12O2S/c1-6(5-9(10)11)8-4-3-7(2)12-8/h3-4,6H,5H2,1-2H3,(H,10,11). The largest absolute Gasteiger partial charge is 0.481 e. The zero-order chi connectivity index (χ0) is 9.14. The minimum atomic E-state index is -0.728. The van der Waals surface area contributed by atoms with Crippen molar-refractivity contribution in [3.05, 3.63) is 21.9 Å². The van der Waals surface area contributed by atoms with Gasteiger partial charge in [0.15, 0.2) is 0 Å². The molecule has 0 aliphatic carbocycles. The van der Waals surface area contributed by atoms with Gasteiger partial charge < -0.3 is 5.11 Å². The summed E-state index contributed by atoms with van der Waals surface area (Å²) in [5, 5.41) is 8.56. The summed E-state index contributed by atoms with van der Waals surface area (Å²) in [5.74, 6) is -0.588. The molecule has 0 radical (unpaired) electrons. The fourth-order valence-corrected chi connectivity index (χ4v) is 2.01. The van der Waals surface area contributed by atoms with E-state index in [1.165, 1.54) is 4.88 Å². The molecule has 2 nitrogen and oxygen atoms in total. The van der Waals surface area contributed by atoms with Gasteiger partial charge in [-0.05, 0) is 19.1 Å². The van der Waals surface area contributed by atoms with Gasteiger partial charge in [0.2, 0.25) is 0 Å². The molecule has 0 fully saturated rings. The molecule has 0 amide bonds.